The van der Waals surface area contributed by atoms with E-state index >= 15 is 0 Å². The Morgan fingerprint density at radius 1 is 1.27 bits per heavy atom. The van der Waals surface area contributed by atoms with Gasteiger partial charge < -0.3 is 25.8 Å². The minimum absolute atomic E-state index is 0.0753. The second kappa shape index (κ2) is 9.86. The van der Waals surface area contributed by atoms with Gasteiger partial charge in [0.2, 0.25) is 5.91 Å². The number of benzene rings is 1. The van der Waals surface area contributed by atoms with Crippen molar-refractivity contribution < 1.29 is 23.5 Å². The summed E-state index contributed by atoms with van der Waals surface area (Å²) in [4.78, 5) is 31.0. The summed E-state index contributed by atoms with van der Waals surface area (Å²) in [5, 5.41) is 0. The summed E-state index contributed by atoms with van der Waals surface area (Å²) in [6, 6.07) is 6.04. The average molecular weight is 421 g/mol. The smallest absolute Gasteiger partial charge is 0.424 e. The number of ether oxygens (including phenoxy) is 2. The topological polar surface area (TPSA) is 123 Å². The molecule has 0 spiro atoms. The molecule has 4 N–H and O–H groups in total. The molecule has 1 aromatic carbocycles. The Kier molecular flexibility index (Phi) is 7.22. The quantitative estimate of drug-likeness (QED) is 0.529. The predicted molar refractivity (Wildman–Crippen MR) is 108 cm³/mol. The predicted octanol–water partition coefficient (Wildman–Crippen LogP) is 1.68. The first kappa shape index (κ1) is 22.0. The first-order valence-corrected chi connectivity index (χ1v) is 10.1. The highest BCUT2D eigenvalue weighted by Crippen LogP contribution is 2.32. The number of likely N-dealkylation sites (tertiary alicyclic amines) is 2. The van der Waals surface area contributed by atoms with Gasteiger partial charge in [0.05, 0.1) is 6.10 Å². The van der Waals surface area contributed by atoms with Crippen molar-refractivity contribution in [2.45, 2.75) is 51.2 Å². The van der Waals surface area contributed by atoms with Crippen molar-refractivity contribution in [3.63, 3.8) is 0 Å². The van der Waals surface area contributed by atoms with Gasteiger partial charge in [-0.05, 0) is 25.3 Å². The third-order valence-electron chi connectivity index (χ3n) is 5.23. The summed E-state index contributed by atoms with van der Waals surface area (Å²) < 4.78 is 25.8. The number of carbonyl (C=O) groups excluding carboxylic acids is 2. The van der Waals surface area contributed by atoms with Gasteiger partial charge in [-0.2, -0.15) is 0 Å². The zero-order valence-electron chi connectivity index (χ0n) is 17.0. The highest BCUT2D eigenvalue weighted by molar-refractivity contribution is 5.87. The van der Waals surface area contributed by atoms with Crippen LogP contribution in [0.15, 0.2) is 29.3 Å². The van der Waals surface area contributed by atoms with Crippen LogP contribution in [0.3, 0.4) is 0 Å². The highest BCUT2D eigenvalue weighted by atomic mass is 19.1. The largest absolute Gasteiger partial charge is 0.438 e. The van der Waals surface area contributed by atoms with Crippen LogP contribution >= 0.6 is 0 Å². The molecule has 2 fully saturated rings. The molecule has 164 valence electrons. The number of piperidine rings is 1. The van der Waals surface area contributed by atoms with Crippen LogP contribution in [0, 0.1) is 5.82 Å². The highest BCUT2D eigenvalue weighted by Gasteiger charge is 2.40. The van der Waals surface area contributed by atoms with Crippen LogP contribution in [0.25, 0.3) is 0 Å². The van der Waals surface area contributed by atoms with E-state index < -0.39 is 24.1 Å². The van der Waals surface area contributed by atoms with E-state index in [4.69, 9.17) is 20.9 Å². The van der Waals surface area contributed by atoms with E-state index in [0.717, 1.165) is 19.3 Å². The molecule has 10 heteroatoms. The van der Waals surface area contributed by atoms with Gasteiger partial charge in [-0.1, -0.05) is 25.1 Å². The van der Waals surface area contributed by atoms with Gasteiger partial charge in [0.15, 0.2) is 12.2 Å². The number of rotatable bonds is 6. The molecule has 2 atom stereocenters. The third-order valence-corrected chi connectivity index (χ3v) is 5.23. The number of hydrogen-bond acceptors (Lipinski definition) is 5. The van der Waals surface area contributed by atoms with Crippen molar-refractivity contribution in [1.82, 2.24) is 9.80 Å². The Balaban J connectivity index is 1.65. The molecule has 0 aliphatic carbocycles. The van der Waals surface area contributed by atoms with Crippen LogP contribution < -0.4 is 11.5 Å². The SMILES string of the molecule is CCC(=O)N1CCCCC1OC1CN(C(OC(=O)N=C(N)N)c2ccccc2F)C1. The lowest BCUT2D eigenvalue weighted by Crippen LogP contribution is -2.57. The van der Waals surface area contributed by atoms with Crippen LogP contribution in [0.2, 0.25) is 0 Å². The molecule has 2 unspecified atom stereocenters. The molecule has 2 saturated heterocycles. The summed E-state index contributed by atoms with van der Waals surface area (Å²) >= 11 is 0. The Bertz CT molecular complexity index is 795. The van der Waals surface area contributed by atoms with Crippen LogP contribution in [0.1, 0.15) is 44.4 Å². The van der Waals surface area contributed by atoms with Crippen LogP contribution in [0.5, 0.6) is 0 Å². The van der Waals surface area contributed by atoms with E-state index in [1.54, 1.807) is 28.0 Å². The molecule has 2 aliphatic rings. The summed E-state index contributed by atoms with van der Waals surface area (Å²) in [6.45, 7) is 3.36. The van der Waals surface area contributed by atoms with E-state index in [9.17, 15) is 14.0 Å². The molecule has 0 bridgehead atoms. The number of nitrogens with two attached hydrogens (primary N) is 2. The van der Waals surface area contributed by atoms with Gasteiger partial charge in [-0.3, -0.25) is 9.69 Å². The number of amides is 2. The van der Waals surface area contributed by atoms with Gasteiger partial charge in [0, 0.05) is 31.6 Å². The van der Waals surface area contributed by atoms with Crippen LogP contribution in [-0.2, 0) is 14.3 Å². The van der Waals surface area contributed by atoms with E-state index in [0.29, 0.717) is 26.1 Å². The average Bonchev–Trinajstić information content (AvgIpc) is 2.68. The summed E-state index contributed by atoms with van der Waals surface area (Å²) in [5.74, 6) is -0.863. The van der Waals surface area contributed by atoms with Crippen molar-refractivity contribution in [1.29, 1.82) is 0 Å². The first-order valence-electron chi connectivity index (χ1n) is 10.1. The molecule has 2 amide bonds. The number of halogens is 1. The minimum atomic E-state index is -1.00. The number of aliphatic imine (C=N–C) groups is 1. The molecular formula is C20H28FN5O4. The van der Waals surface area contributed by atoms with Crippen molar-refractivity contribution in [2.24, 2.45) is 16.5 Å². The lowest BCUT2D eigenvalue weighted by molar-refractivity contribution is -0.190. The standard InChI is InChI=1S/C20H28FN5O4/c1-2-16(27)26-10-6-5-9-17(26)29-13-11-25(12-13)18(30-20(28)24-19(22)23)14-7-3-4-8-15(14)21/h3-4,7-8,13,17-18H,2,5-6,9-12H2,1H3,(H4,22,23,24,28). The Morgan fingerprint density at radius 3 is 2.67 bits per heavy atom. The molecular weight excluding hydrogens is 393 g/mol. The Labute approximate surface area is 174 Å². The van der Waals surface area contributed by atoms with Crippen molar-refractivity contribution >= 4 is 18.0 Å². The molecule has 2 heterocycles. The van der Waals surface area contributed by atoms with Crippen molar-refractivity contribution in [3.8, 4) is 0 Å². The first-order chi connectivity index (χ1) is 14.4. The van der Waals surface area contributed by atoms with E-state index in [1.165, 1.54) is 6.07 Å². The van der Waals surface area contributed by atoms with Crippen molar-refractivity contribution in [3.05, 3.63) is 35.6 Å². The summed E-state index contributed by atoms with van der Waals surface area (Å²) in [5.41, 5.74) is 10.6. The fraction of sp³-hybridized carbons (Fsp3) is 0.550. The third kappa shape index (κ3) is 5.25. The Hall–Kier alpha value is -2.72. The molecule has 9 nitrogen and oxygen atoms in total. The summed E-state index contributed by atoms with van der Waals surface area (Å²) in [7, 11) is 0. The van der Waals surface area contributed by atoms with Gasteiger partial charge in [0.1, 0.15) is 12.0 Å². The monoisotopic (exact) mass is 421 g/mol. The second-order valence-corrected chi connectivity index (χ2v) is 7.40. The maximum atomic E-state index is 14.3. The van der Waals surface area contributed by atoms with Gasteiger partial charge >= 0.3 is 6.09 Å². The number of carbonyl (C=O) groups is 2. The zero-order valence-corrected chi connectivity index (χ0v) is 17.0. The number of nitrogens with zero attached hydrogens (tertiary/aromatic N) is 3. The molecule has 1 aromatic rings. The Morgan fingerprint density at radius 2 is 2.00 bits per heavy atom. The lowest BCUT2D eigenvalue weighted by atomic mass is 10.1. The normalized spacial score (nSPS) is 20.9. The second-order valence-electron chi connectivity index (χ2n) is 7.40. The molecule has 0 radical (unpaired) electrons. The lowest BCUT2D eigenvalue weighted by Gasteiger charge is -2.46. The van der Waals surface area contributed by atoms with E-state index in [-0.39, 0.29) is 23.8 Å². The molecule has 0 aromatic heterocycles. The molecule has 0 saturated carbocycles. The zero-order chi connectivity index (χ0) is 21.7. The molecule has 3 rings (SSSR count). The fourth-order valence-electron chi connectivity index (χ4n) is 3.74. The van der Waals surface area contributed by atoms with E-state index in [1.807, 2.05) is 6.92 Å². The van der Waals surface area contributed by atoms with Gasteiger partial charge in [0.25, 0.3) is 0 Å². The van der Waals surface area contributed by atoms with Gasteiger partial charge in [-0.25, -0.2) is 9.18 Å². The summed E-state index contributed by atoms with van der Waals surface area (Å²) in [6.07, 6.45) is 0.804. The number of guanidine groups is 1. The van der Waals surface area contributed by atoms with Gasteiger partial charge in [-0.15, -0.1) is 4.99 Å². The van der Waals surface area contributed by atoms with Crippen LogP contribution in [-0.4, -0.2) is 59.7 Å². The number of hydrogen-bond donors (Lipinski definition) is 2. The van der Waals surface area contributed by atoms with Crippen molar-refractivity contribution in [2.75, 3.05) is 19.6 Å². The maximum Gasteiger partial charge on any atom is 0.438 e. The maximum absolute atomic E-state index is 14.3. The molecule has 30 heavy (non-hydrogen) atoms. The molecule has 2 aliphatic heterocycles. The van der Waals surface area contributed by atoms with E-state index in [2.05, 4.69) is 4.99 Å². The minimum Gasteiger partial charge on any atom is -0.424 e. The fourth-order valence-corrected chi connectivity index (χ4v) is 3.74. The van der Waals surface area contributed by atoms with Crippen LogP contribution in [0.4, 0.5) is 9.18 Å².